The lowest BCUT2D eigenvalue weighted by atomic mass is 10.2. The molecule has 1 aliphatic heterocycles. The Balaban J connectivity index is 2.20. The molecular formula is C11H24N2. The van der Waals surface area contributed by atoms with Crippen molar-refractivity contribution >= 4 is 0 Å². The van der Waals surface area contributed by atoms with Crippen LogP contribution in [0.25, 0.3) is 0 Å². The van der Waals surface area contributed by atoms with Crippen molar-refractivity contribution in [2.75, 3.05) is 32.8 Å². The van der Waals surface area contributed by atoms with E-state index in [4.69, 9.17) is 0 Å². The second kappa shape index (κ2) is 4.97. The van der Waals surface area contributed by atoms with Crippen molar-refractivity contribution in [3.05, 3.63) is 0 Å². The third kappa shape index (κ3) is 4.10. The second-order valence-corrected chi connectivity index (χ2v) is 5.08. The normalized spacial score (nSPS) is 20.8. The average molecular weight is 184 g/mol. The summed E-state index contributed by atoms with van der Waals surface area (Å²) in [6.07, 6.45) is 0. The fourth-order valence-electron chi connectivity index (χ4n) is 2.04. The number of rotatable bonds is 4. The Morgan fingerprint density at radius 1 is 0.846 bits per heavy atom. The molecule has 0 radical (unpaired) electrons. The molecule has 1 fully saturated rings. The van der Waals surface area contributed by atoms with E-state index in [1.165, 1.54) is 32.8 Å². The Kier molecular flexibility index (Phi) is 4.20. The highest BCUT2D eigenvalue weighted by Crippen LogP contribution is 2.09. The van der Waals surface area contributed by atoms with E-state index in [9.17, 15) is 0 Å². The van der Waals surface area contributed by atoms with Gasteiger partial charge in [0.05, 0.1) is 6.67 Å². The topological polar surface area (TPSA) is 6.48 Å². The van der Waals surface area contributed by atoms with Crippen LogP contribution in [0.2, 0.25) is 0 Å². The lowest BCUT2D eigenvalue weighted by Gasteiger charge is -2.20. The van der Waals surface area contributed by atoms with E-state index < -0.39 is 0 Å². The summed E-state index contributed by atoms with van der Waals surface area (Å²) in [5, 5.41) is 0. The van der Waals surface area contributed by atoms with Gasteiger partial charge in [0, 0.05) is 26.2 Å². The summed E-state index contributed by atoms with van der Waals surface area (Å²) >= 11 is 0. The molecule has 0 aromatic heterocycles. The van der Waals surface area contributed by atoms with Crippen LogP contribution >= 0.6 is 0 Å². The molecule has 0 amide bonds. The fraction of sp³-hybridized carbons (Fsp3) is 1.00. The quantitative estimate of drug-likeness (QED) is 0.658. The van der Waals surface area contributed by atoms with Crippen LogP contribution in [0, 0.1) is 11.8 Å². The van der Waals surface area contributed by atoms with Crippen molar-refractivity contribution in [1.29, 1.82) is 0 Å². The van der Waals surface area contributed by atoms with Crippen LogP contribution in [0.5, 0.6) is 0 Å². The molecule has 1 rings (SSSR count). The molecule has 0 N–H and O–H groups in total. The van der Waals surface area contributed by atoms with E-state index in [2.05, 4.69) is 37.5 Å². The minimum Gasteiger partial charge on any atom is -0.289 e. The molecule has 78 valence electrons. The Morgan fingerprint density at radius 3 is 1.54 bits per heavy atom. The predicted molar refractivity (Wildman–Crippen MR) is 57.7 cm³/mol. The van der Waals surface area contributed by atoms with Crippen molar-refractivity contribution in [2.24, 2.45) is 11.8 Å². The SMILES string of the molecule is CC(C)CN1CCN(CC(C)C)C1. The number of nitrogens with zero attached hydrogens (tertiary/aromatic N) is 2. The van der Waals surface area contributed by atoms with Crippen LogP contribution in [0.1, 0.15) is 27.7 Å². The second-order valence-electron chi connectivity index (χ2n) is 5.08. The van der Waals surface area contributed by atoms with E-state index in [1.807, 2.05) is 0 Å². The molecule has 0 bridgehead atoms. The third-order valence-electron chi connectivity index (χ3n) is 2.38. The van der Waals surface area contributed by atoms with Gasteiger partial charge >= 0.3 is 0 Å². The highest BCUT2D eigenvalue weighted by molar-refractivity contribution is 4.72. The lowest BCUT2D eigenvalue weighted by molar-refractivity contribution is 0.214. The molecule has 0 aromatic rings. The molecule has 1 saturated heterocycles. The highest BCUT2D eigenvalue weighted by atomic mass is 15.4. The average Bonchev–Trinajstić information content (AvgIpc) is 2.33. The fourth-order valence-corrected chi connectivity index (χ4v) is 2.04. The number of hydrogen-bond acceptors (Lipinski definition) is 2. The van der Waals surface area contributed by atoms with Gasteiger partial charge < -0.3 is 0 Å². The molecular weight excluding hydrogens is 160 g/mol. The first-order valence-corrected chi connectivity index (χ1v) is 5.52. The summed E-state index contributed by atoms with van der Waals surface area (Å²) < 4.78 is 0. The van der Waals surface area contributed by atoms with Gasteiger partial charge in [-0.25, -0.2) is 0 Å². The first-order valence-electron chi connectivity index (χ1n) is 5.52. The zero-order valence-corrected chi connectivity index (χ0v) is 9.58. The molecule has 2 heteroatoms. The van der Waals surface area contributed by atoms with Gasteiger partial charge in [0.2, 0.25) is 0 Å². The van der Waals surface area contributed by atoms with E-state index in [0.29, 0.717) is 0 Å². The summed E-state index contributed by atoms with van der Waals surface area (Å²) in [7, 11) is 0. The molecule has 0 atom stereocenters. The Hall–Kier alpha value is -0.0800. The standard InChI is InChI=1S/C11H24N2/c1-10(2)7-12-5-6-13(9-12)8-11(3)4/h10-11H,5-9H2,1-4H3. The maximum Gasteiger partial charge on any atom is 0.0507 e. The summed E-state index contributed by atoms with van der Waals surface area (Å²) in [4.78, 5) is 5.13. The maximum atomic E-state index is 2.56. The summed E-state index contributed by atoms with van der Waals surface area (Å²) in [6, 6.07) is 0. The minimum atomic E-state index is 0.805. The molecule has 1 heterocycles. The monoisotopic (exact) mass is 184 g/mol. The molecule has 1 aliphatic rings. The van der Waals surface area contributed by atoms with E-state index >= 15 is 0 Å². The van der Waals surface area contributed by atoms with Crippen molar-refractivity contribution in [3.8, 4) is 0 Å². The molecule has 0 saturated carbocycles. The summed E-state index contributed by atoms with van der Waals surface area (Å²) in [5.74, 6) is 1.61. The molecule has 0 unspecified atom stereocenters. The zero-order chi connectivity index (χ0) is 9.84. The van der Waals surface area contributed by atoms with Gasteiger partial charge in [-0.3, -0.25) is 9.80 Å². The van der Waals surface area contributed by atoms with Gasteiger partial charge in [-0.15, -0.1) is 0 Å². The largest absolute Gasteiger partial charge is 0.289 e. The molecule has 13 heavy (non-hydrogen) atoms. The summed E-state index contributed by atoms with van der Waals surface area (Å²) in [6.45, 7) is 15.4. The van der Waals surface area contributed by atoms with Crippen LogP contribution in [-0.2, 0) is 0 Å². The Bertz CT molecular complexity index is 127. The third-order valence-corrected chi connectivity index (χ3v) is 2.38. The molecule has 0 aromatic carbocycles. The van der Waals surface area contributed by atoms with Crippen LogP contribution in [-0.4, -0.2) is 42.6 Å². The van der Waals surface area contributed by atoms with Crippen LogP contribution in [0.3, 0.4) is 0 Å². The van der Waals surface area contributed by atoms with Crippen LogP contribution in [0.15, 0.2) is 0 Å². The van der Waals surface area contributed by atoms with E-state index in [-0.39, 0.29) is 0 Å². The van der Waals surface area contributed by atoms with Crippen molar-refractivity contribution in [3.63, 3.8) is 0 Å². The number of hydrogen-bond donors (Lipinski definition) is 0. The minimum absolute atomic E-state index is 0.805. The van der Waals surface area contributed by atoms with Crippen molar-refractivity contribution < 1.29 is 0 Å². The van der Waals surface area contributed by atoms with Crippen molar-refractivity contribution in [1.82, 2.24) is 9.80 Å². The molecule has 2 nitrogen and oxygen atoms in total. The van der Waals surface area contributed by atoms with E-state index in [0.717, 1.165) is 11.8 Å². The van der Waals surface area contributed by atoms with Crippen molar-refractivity contribution in [2.45, 2.75) is 27.7 Å². The first-order chi connectivity index (χ1) is 6.08. The predicted octanol–water partition coefficient (Wildman–Crippen LogP) is 1.87. The van der Waals surface area contributed by atoms with Crippen LogP contribution in [0.4, 0.5) is 0 Å². The van der Waals surface area contributed by atoms with Gasteiger partial charge in [-0.05, 0) is 11.8 Å². The van der Waals surface area contributed by atoms with Gasteiger partial charge in [0.15, 0.2) is 0 Å². The van der Waals surface area contributed by atoms with E-state index in [1.54, 1.807) is 0 Å². The van der Waals surface area contributed by atoms with Gasteiger partial charge in [-0.2, -0.15) is 0 Å². The zero-order valence-electron chi connectivity index (χ0n) is 9.58. The Labute approximate surface area is 82.9 Å². The van der Waals surface area contributed by atoms with Crippen LogP contribution < -0.4 is 0 Å². The maximum absolute atomic E-state index is 2.56. The first kappa shape index (κ1) is 11.0. The summed E-state index contributed by atoms with van der Waals surface area (Å²) in [5.41, 5.74) is 0. The van der Waals surface area contributed by atoms with Gasteiger partial charge in [-0.1, -0.05) is 27.7 Å². The lowest BCUT2D eigenvalue weighted by Crippen LogP contribution is -2.30. The molecule has 0 spiro atoms. The Morgan fingerprint density at radius 2 is 1.23 bits per heavy atom. The molecule has 0 aliphatic carbocycles. The van der Waals surface area contributed by atoms with Gasteiger partial charge in [0.25, 0.3) is 0 Å². The highest BCUT2D eigenvalue weighted by Gasteiger charge is 2.20. The van der Waals surface area contributed by atoms with Gasteiger partial charge in [0.1, 0.15) is 0 Å². The smallest absolute Gasteiger partial charge is 0.0507 e.